The SMILES string of the molecule is C=CC[n+]1c(CC)sc(C)c1O.[Br-]. The van der Waals surface area contributed by atoms with E-state index in [1.165, 1.54) is 5.01 Å². The Bertz CT molecular complexity index is 296. The van der Waals surface area contributed by atoms with E-state index >= 15 is 0 Å². The predicted octanol–water partition coefficient (Wildman–Crippen LogP) is -1.20. The lowest BCUT2D eigenvalue weighted by Gasteiger charge is -1.91. The summed E-state index contributed by atoms with van der Waals surface area (Å²) in [6, 6.07) is 0. The van der Waals surface area contributed by atoms with Gasteiger partial charge in [0.1, 0.15) is 4.88 Å². The maximum Gasteiger partial charge on any atom is 0.379 e. The molecular weight excluding hydrogens is 250 g/mol. The maximum absolute atomic E-state index is 9.61. The lowest BCUT2D eigenvalue weighted by atomic mass is 10.4. The van der Waals surface area contributed by atoms with E-state index in [0.29, 0.717) is 12.4 Å². The first-order valence-corrected chi connectivity index (χ1v) is 4.84. The highest BCUT2D eigenvalue weighted by Crippen LogP contribution is 2.20. The van der Waals surface area contributed by atoms with Crippen molar-refractivity contribution in [3.8, 4) is 5.88 Å². The average Bonchev–Trinajstić information content (AvgIpc) is 2.33. The molecule has 1 aromatic heterocycles. The van der Waals surface area contributed by atoms with Crippen molar-refractivity contribution in [2.24, 2.45) is 0 Å². The molecule has 1 aromatic rings. The van der Waals surface area contributed by atoms with Crippen molar-refractivity contribution in [1.29, 1.82) is 0 Å². The lowest BCUT2D eigenvalue weighted by Crippen LogP contribution is -3.00. The Kier molecular flexibility index (Phi) is 5.25. The summed E-state index contributed by atoms with van der Waals surface area (Å²) in [5, 5.41) is 10.8. The van der Waals surface area contributed by atoms with Crippen molar-refractivity contribution in [2.45, 2.75) is 26.8 Å². The number of halogens is 1. The molecule has 1 heterocycles. The Balaban J connectivity index is 0.00000144. The summed E-state index contributed by atoms with van der Waals surface area (Å²) in [5.74, 6) is 0.386. The average molecular weight is 264 g/mol. The summed E-state index contributed by atoms with van der Waals surface area (Å²) >= 11 is 1.65. The lowest BCUT2D eigenvalue weighted by molar-refractivity contribution is -0.694. The number of rotatable bonds is 3. The topological polar surface area (TPSA) is 24.1 Å². The zero-order valence-electron chi connectivity index (χ0n) is 7.88. The third-order valence-electron chi connectivity index (χ3n) is 1.76. The fourth-order valence-corrected chi connectivity index (χ4v) is 2.14. The quantitative estimate of drug-likeness (QED) is 0.538. The van der Waals surface area contributed by atoms with E-state index in [0.717, 1.165) is 11.3 Å². The maximum atomic E-state index is 9.61. The van der Waals surface area contributed by atoms with Gasteiger partial charge < -0.3 is 22.1 Å². The van der Waals surface area contributed by atoms with Gasteiger partial charge in [-0.25, -0.2) is 0 Å². The van der Waals surface area contributed by atoms with Crippen LogP contribution in [0.15, 0.2) is 12.7 Å². The Morgan fingerprint density at radius 2 is 2.23 bits per heavy atom. The van der Waals surface area contributed by atoms with Gasteiger partial charge in [0.05, 0.1) is 0 Å². The molecule has 0 saturated carbocycles. The predicted molar refractivity (Wildman–Crippen MR) is 50.5 cm³/mol. The molecule has 2 nitrogen and oxygen atoms in total. The molecule has 0 aliphatic rings. The minimum atomic E-state index is 0. The van der Waals surface area contributed by atoms with E-state index in [-0.39, 0.29) is 17.0 Å². The summed E-state index contributed by atoms with van der Waals surface area (Å²) in [6.07, 6.45) is 2.75. The summed E-state index contributed by atoms with van der Waals surface area (Å²) in [4.78, 5) is 0.980. The zero-order chi connectivity index (χ0) is 9.14. The first-order chi connectivity index (χ1) is 5.70. The van der Waals surface area contributed by atoms with Crippen molar-refractivity contribution in [3.05, 3.63) is 22.5 Å². The summed E-state index contributed by atoms with van der Waals surface area (Å²) in [5.41, 5.74) is 0. The van der Waals surface area contributed by atoms with Crippen LogP contribution in [0.5, 0.6) is 5.88 Å². The second-order valence-corrected chi connectivity index (χ2v) is 3.92. The van der Waals surface area contributed by atoms with Gasteiger partial charge in [-0.2, -0.15) is 4.57 Å². The number of hydrogen-bond acceptors (Lipinski definition) is 2. The Labute approximate surface area is 93.3 Å². The molecule has 1 rings (SSSR count). The summed E-state index contributed by atoms with van der Waals surface area (Å²) in [6.45, 7) is 8.37. The minimum Gasteiger partial charge on any atom is -1.00 e. The van der Waals surface area contributed by atoms with E-state index in [2.05, 4.69) is 13.5 Å². The van der Waals surface area contributed by atoms with Crippen LogP contribution >= 0.6 is 11.3 Å². The van der Waals surface area contributed by atoms with E-state index in [4.69, 9.17) is 0 Å². The van der Waals surface area contributed by atoms with Crippen LogP contribution < -0.4 is 21.5 Å². The van der Waals surface area contributed by atoms with Crippen molar-refractivity contribution < 1.29 is 26.7 Å². The Morgan fingerprint density at radius 3 is 2.69 bits per heavy atom. The van der Waals surface area contributed by atoms with Gasteiger partial charge in [-0.05, 0) is 13.0 Å². The molecule has 0 aromatic carbocycles. The van der Waals surface area contributed by atoms with E-state index in [9.17, 15) is 5.11 Å². The van der Waals surface area contributed by atoms with Crippen LogP contribution in [-0.2, 0) is 13.0 Å². The molecule has 0 saturated heterocycles. The number of allylic oxidation sites excluding steroid dienone is 1. The van der Waals surface area contributed by atoms with Gasteiger partial charge in [0.15, 0.2) is 6.54 Å². The minimum absolute atomic E-state index is 0. The van der Waals surface area contributed by atoms with Crippen LogP contribution in [0.4, 0.5) is 0 Å². The molecular formula is C9H14BrNOS. The standard InChI is InChI=1S/C9H13NOS.BrH/c1-4-6-10-8(5-2)12-7(3)9(10)11;/h4H,1,5-6H2,2-3H3;1H. The van der Waals surface area contributed by atoms with Crippen molar-refractivity contribution in [1.82, 2.24) is 0 Å². The fourth-order valence-electron chi connectivity index (χ4n) is 1.17. The second-order valence-electron chi connectivity index (χ2n) is 2.63. The highest BCUT2D eigenvalue weighted by atomic mass is 79.9. The zero-order valence-corrected chi connectivity index (χ0v) is 10.3. The number of thiazole rings is 1. The van der Waals surface area contributed by atoms with Crippen LogP contribution in [0.25, 0.3) is 0 Å². The van der Waals surface area contributed by atoms with Gasteiger partial charge in [-0.3, -0.25) is 0 Å². The van der Waals surface area contributed by atoms with Crippen LogP contribution in [0, 0.1) is 6.92 Å². The molecule has 0 radical (unpaired) electrons. The third-order valence-corrected chi connectivity index (χ3v) is 2.99. The fraction of sp³-hybridized carbons (Fsp3) is 0.444. The molecule has 0 aliphatic heterocycles. The smallest absolute Gasteiger partial charge is 0.379 e. The van der Waals surface area contributed by atoms with E-state index < -0.39 is 0 Å². The monoisotopic (exact) mass is 263 g/mol. The molecule has 4 heteroatoms. The molecule has 0 fully saturated rings. The van der Waals surface area contributed by atoms with Gasteiger partial charge in [-0.15, -0.1) is 0 Å². The molecule has 0 aliphatic carbocycles. The summed E-state index contributed by atoms with van der Waals surface area (Å²) < 4.78 is 1.90. The van der Waals surface area contributed by atoms with Gasteiger partial charge >= 0.3 is 5.88 Å². The normalized spacial score (nSPS) is 9.38. The van der Waals surface area contributed by atoms with Crippen LogP contribution in [0.2, 0.25) is 0 Å². The largest absolute Gasteiger partial charge is 1.00 e. The first kappa shape index (κ1) is 12.7. The number of aromatic hydroxyl groups is 1. The van der Waals surface area contributed by atoms with Crippen molar-refractivity contribution in [3.63, 3.8) is 0 Å². The van der Waals surface area contributed by atoms with Gasteiger partial charge in [-0.1, -0.05) is 24.8 Å². The molecule has 0 atom stereocenters. The van der Waals surface area contributed by atoms with E-state index in [1.807, 2.05) is 11.5 Å². The number of hydrogen-bond donors (Lipinski definition) is 1. The number of aromatic nitrogens is 1. The van der Waals surface area contributed by atoms with Gasteiger partial charge in [0.2, 0.25) is 5.01 Å². The Hall–Kier alpha value is -0.350. The molecule has 74 valence electrons. The molecule has 0 unspecified atom stereocenters. The number of aryl methyl sites for hydroxylation is 2. The van der Waals surface area contributed by atoms with Crippen LogP contribution in [0.3, 0.4) is 0 Å². The van der Waals surface area contributed by atoms with Gasteiger partial charge in [0.25, 0.3) is 0 Å². The molecule has 0 spiro atoms. The highest BCUT2D eigenvalue weighted by Gasteiger charge is 2.20. The summed E-state index contributed by atoms with van der Waals surface area (Å²) in [7, 11) is 0. The Morgan fingerprint density at radius 1 is 1.62 bits per heavy atom. The second kappa shape index (κ2) is 5.40. The van der Waals surface area contributed by atoms with Crippen LogP contribution in [0.1, 0.15) is 16.8 Å². The first-order valence-electron chi connectivity index (χ1n) is 4.02. The highest BCUT2D eigenvalue weighted by molar-refractivity contribution is 7.11. The molecule has 13 heavy (non-hydrogen) atoms. The molecule has 0 amide bonds. The molecule has 0 bridgehead atoms. The molecule has 1 N–H and O–H groups in total. The van der Waals surface area contributed by atoms with Crippen molar-refractivity contribution >= 4 is 11.3 Å². The number of nitrogens with zero attached hydrogens (tertiary/aromatic N) is 1. The van der Waals surface area contributed by atoms with Crippen LogP contribution in [-0.4, -0.2) is 5.11 Å². The van der Waals surface area contributed by atoms with Gasteiger partial charge in [0, 0.05) is 6.42 Å². The van der Waals surface area contributed by atoms with E-state index in [1.54, 1.807) is 17.4 Å². The van der Waals surface area contributed by atoms with Crippen molar-refractivity contribution in [2.75, 3.05) is 0 Å². The third kappa shape index (κ3) is 2.54.